The number of hydrogen-bond acceptors (Lipinski definition) is 8. The van der Waals surface area contributed by atoms with E-state index in [9.17, 15) is 14.4 Å². The van der Waals surface area contributed by atoms with Crippen LogP contribution < -0.4 is 14.2 Å². The Morgan fingerprint density at radius 3 is 2.47 bits per heavy atom. The fourth-order valence-electron chi connectivity index (χ4n) is 2.97. The van der Waals surface area contributed by atoms with Crippen molar-refractivity contribution in [3.05, 3.63) is 58.0 Å². The van der Waals surface area contributed by atoms with Gasteiger partial charge in [0.05, 0.1) is 24.7 Å². The average molecular weight is 506 g/mol. The zero-order valence-corrected chi connectivity index (χ0v) is 20.3. The zero-order chi connectivity index (χ0) is 24.5. The minimum absolute atomic E-state index is 0.121. The minimum Gasteiger partial charge on any atom is -0.492 e. The number of ether oxygens (including phenoxy) is 4. The van der Waals surface area contributed by atoms with Gasteiger partial charge in [-0.1, -0.05) is 17.7 Å². The van der Waals surface area contributed by atoms with Crippen LogP contribution in [0.3, 0.4) is 0 Å². The summed E-state index contributed by atoms with van der Waals surface area (Å²) in [6.07, 6.45) is 1.61. The van der Waals surface area contributed by atoms with Gasteiger partial charge in [-0.25, -0.2) is 4.79 Å². The SMILES string of the molecule is CCOC(=O)COc1ccc(/C=C2\SC(=O)N(CCOc3ccc(Cl)cc3)C2=O)cc1OCC. The van der Waals surface area contributed by atoms with Gasteiger partial charge in [0.25, 0.3) is 11.1 Å². The van der Waals surface area contributed by atoms with E-state index in [1.165, 1.54) is 0 Å². The van der Waals surface area contributed by atoms with Crippen LogP contribution in [0.15, 0.2) is 47.4 Å². The molecule has 0 unspecified atom stereocenters. The van der Waals surface area contributed by atoms with E-state index < -0.39 is 11.9 Å². The number of amides is 2. The Morgan fingerprint density at radius 2 is 1.76 bits per heavy atom. The number of benzene rings is 2. The lowest BCUT2D eigenvalue weighted by molar-refractivity contribution is -0.145. The maximum absolute atomic E-state index is 12.8. The molecule has 0 spiro atoms. The van der Waals surface area contributed by atoms with Crippen molar-refractivity contribution in [3.8, 4) is 17.2 Å². The van der Waals surface area contributed by atoms with Gasteiger partial charge in [0.2, 0.25) is 0 Å². The van der Waals surface area contributed by atoms with Crippen molar-refractivity contribution in [2.75, 3.05) is 33.0 Å². The maximum Gasteiger partial charge on any atom is 0.344 e. The van der Waals surface area contributed by atoms with Crippen LogP contribution in [0.5, 0.6) is 17.2 Å². The Labute approximate surface area is 206 Å². The van der Waals surface area contributed by atoms with Crippen LogP contribution in [0.4, 0.5) is 4.79 Å². The first-order valence-corrected chi connectivity index (χ1v) is 11.8. The molecule has 3 rings (SSSR count). The van der Waals surface area contributed by atoms with Crippen LogP contribution >= 0.6 is 23.4 Å². The Balaban J connectivity index is 1.65. The molecule has 0 N–H and O–H groups in total. The van der Waals surface area contributed by atoms with Crippen LogP contribution in [0.25, 0.3) is 6.08 Å². The van der Waals surface area contributed by atoms with E-state index in [0.29, 0.717) is 39.3 Å². The topological polar surface area (TPSA) is 91.4 Å². The van der Waals surface area contributed by atoms with E-state index in [-0.39, 0.29) is 31.6 Å². The van der Waals surface area contributed by atoms with Crippen molar-refractivity contribution < 1.29 is 33.3 Å². The number of esters is 1. The first-order chi connectivity index (χ1) is 16.4. The first-order valence-electron chi connectivity index (χ1n) is 10.6. The van der Waals surface area contributed by atoms with E-state index in [1.54, 1.807) is 55.5 Å². The van der Waals surface area contributed by atoms with Crippen LogP contribution in [0.1, 0.15) is 19.4 Å². The van der Waals surface area contributed by atoms with Crippen molar-refractivity contribution in [2.45, 2.75) is 13.8 Å². The summed E-state index contributed by atoms with van der Waals surface area (Å²) < 4.78 is 21.5. The summed E-state index contributed by atoms with van der Waals surface area (Å²) >= 11 is 6.71. The van der Waals surface area contributed by atoms with E-state index in [0.717, 1.165) is 16.7 Å². The number of rotatable bonds is 11. The Bertz CT molecular complexity index is 1070. The second kappa shape index (κ2) is 12.3. The molecule has 0 atom stereocenters. The molecule has 34 heavy (non-hydrogen) atoms. The number of halogens is 1. The third kappa shape index (κ3) is 6.91. The highest BCUT2D eigenvalue weighted by Gasteiger charge is 2.34. The van der Waals surface area contributed by atoms with Crippen molar-refractivity contribution in [2.24, 2.45) is 0 Å². The lowest BCUT2D eigenvalue weighted by Gasteiger charge is -2.13. The number of carbonyl (C=O) groups excluding carboxylic acids is 3. The molecule has 0 saturated carbocycles. The summed E-state index contributed by atoms with van der Waals surface area (Å²) in [4.78, 5) is 38.1. The van der Waals surface area contributed by atoms with E-state index in [1.807, 2.05) is 6.92 Å². The molecule has 1 heterocycles. The Kier molecular flexibility index (Phi) is 9.24. The molecule has 0 radical (unpaired) electrons. The monoisotopic (exact) mass is 505 g/mol. The molecule has 8 nitrogen and oxygen atoms in total. The van der Waals surface area contributed by atoms with Crippen molar-refractivity contribution in [1.29, 1.82) is 0 Å². The molecule has 1 aliphatic heterocycles. The molecule has 0 bridgehead atoms. The third-order valence-electron chi connectivity index (χ3n) is 4.49. The van der Waals surface area contributed by atoms with Crippen molar-refractivity contribution in [1.82, 2.24) is 4.90 Å². The average Bonchev–Trinajstić information content (AvgIpc) is 3.07. The minimum atomic E-state index is -0.484. The molecule has 180 valence electrons. The van der Waals surface area contributed by atoms with Gasteiger partial charge in [0, 0.05) is 5.02 Å². The van der Waals surface area contributed by atoms with E-state index >= 15 is 0 Å². The summed E-state index contributed by atoms with van der Waals surface area (Å²) in [7, 11) is 0. The molecular weight excluding hydrogens is 482 g/mol. The van der Waals surface area contributed by atoms with Gasteiger partial charge in [-0.05, 0) is 73.6 Å². The van der Waals surface area contributed by atoms with Crippen LogP contribution in [-0.2, 0) is 14.3 Å². The van der Waals surface area contributed by atoms with Gasteiger partial charge in [-0.3, -0.25) is 14.5 Å². The van der Waals surface area contributed by atoms with E-state index in [2.05, 4.69) is 0 Å². The Morgan fingerprint density at radius 1 is 1.00 bits per heavy atom. The molecule has 2 amide bonds. The summed E-state index contributed by atoms with van der Waals surface area (Å²) in [6, 6.07) is 11.9. The quantitative estimate of drug-likeness (QED) is 0.318. The van der Waals surface area contributed by atoms with Crippen LogP contribution in [0, 0.1) is 0 Å². The predicted molar refractivity (Wildman–Crippen MR) is 129 cm³/mol. The molecule has 0 aliphatic carbocycles. The first kappa shape index (κ1) is 25.5. The van der Waals surface area contributed by atoms with Gasteiger partial charge in [-0.15, -0.1) is 0 Å². The largest absolute Gasteiger partial charge is 0.492 e. The molecule has 1 aliphatic rings. The highest BCUT2D eigenvalue weighted by atomic mass is 35.5. The standard InChI is InChI=1S/C24H24ClNO7S/c1-3-30-20-13-16(5-10-19(20)33-15-22(27)31-4-2)14-21-23(28)26(24(29)34-21)11-12-32-18-8-6-17(25)7-9-18/h5-10,13-14H,3-4,11-12,15H2,1-2H3/b21-14-. The van der Waals surface area contributed by atoms with Crippen LogP contribution in [0.2, 0.25) is 5.02 Å². The summed E-state index contributed by atoms with van der Waals surface area (Å²) in [5.41, 5.74) is 0.648. The maximum atomic E-state index is 12.8. The van der Waals surface area contributed by atoms with Gasteiger partial charge in [-0.2, -0.15) is 0 Å². The summed E-state index contributed by atoms with van der Waals surface area (Å²) in [5, 5.41) is 0.227. The van der Waals surface area contributed by atoms with Crippen molar-refractivity contribution in [3.63, 3.8) is 0 Å². The smallest absolute Gasteiger partial charge is 0.344 e. The number of nitrogens with zero attached hydrogens (tertiary/aromatic N) is 1. The van der Waals surface area contributed by atoms with E-state index in [4.69, 9.17) is 30.5 Å². The Hall–Kier alpha value is -3.17. The van der Waals surface area contributed by atoms with Gasteiger partial charge >= 0.3 is 5.97 Å². The van der Waals surface area contributed by atoms with Crippen LogP contribution in [-0.4, -0.2) is 55.0 Å². The molecule has 1 fully saturated rings. The number of hydrogen-bond donors (Lipinski definition) is 0. The van der Waals surface area contributed by atoms with Gasteiger partial charge < -0.3 is 18.9 Å². The number of carbonyl (C=O) groups is 3. The molecule has 10 heteroatoms. The third-order valence-corrected chi connectivity index (χ3v) is 5.65. The summed E-state index contributed by atoms with van der Waals surface area (Å²) in [5.74, 6) is 0.509. The lowest BCUT2D eigenvalue weighted by atomic mass is 10.2. The fraction of sp³-hybridized carbons (Fsp3) is 0.292. The molecular formula is C24H24ClNO7S. The molecule has 2 aromatic rings. The highest BCUT2D eigenvalue weighted by Crippen LogP contribution is 2.34. The number of imide groups is 1. The van der Waals surface area contributed by atoms with Gasteiger partial charge in [0.1, 0.15) is 12.4 Å². The predicted octanol–water partition coefficient (Wildman–Crippen LogP) is 4.80. The lowest BCUT2D eigenvalue weighted by Crippen LogP contribution is -2.32. The number of thioether (sulfide) groups is 1. The second-order valence-electron chi connectivity index (χ2n) is 6.87. The molecule has 0 aromatic heterocycles. The molecule has 2 aromatic carbocycles. The highest BCUT2D eigenvalue weighted by molar-refractivity contribution is 8.18. The summed E-state index contributed by atoms with van der Waals surface area (Å²) in [6.45, 7) is 4.21. The second-order valence-corrected chi connectivity index (χ2v) is 8.30. The molecule has 1 saturated heterocycles. The normalized spacial score (nSPS) is 14.4. The van der Waals surface area contributed by atoms with Gasteiger partial charge in [0.15, 0.2) is 18.1 Å². The zero-order valence-electron chi connectivity index (χ0n) is 18.7. The van der Waals surface area contributed by atoms with Crippen molar-refractivity contribution >= 4 is 46.6 Å². The fourth-order valence-corrected chi connectivity index (χ4v) is 3.96.